The molecule has 1 aliphatic carbocycles. The monoisotopic (exact) mass is 364 g/mol. The number of nitrogens with zero attached hydrogens (tertiary/aromatic N) is 2. The van der Waals surface area contributed by atoms with E-state index in [-0.39, 0.29) is 35.5 Å². The van der Waals surface area contributed by atoms with Gasteiger partial charge in [0.25, 0.3) is 5.91 Å². The Hall–Kier alpha value is -2.69. The quantitative estimate of drug-likeness (QED) is 0.619. The molecule has 0 unspecified atom stereocenters. The molecule has 1 aromatic carbocycles. The number of hydrogen-bond acceptors (Lipinski definition) is 4. The molecule has 0 saturated carbocycles. The fourth-order valence-corrected chi connectivity index (χ4v) is 4.45. The lowest BCUT2D eigenvalue weighted by Crippen LogP contribution is -2.37. The minimum atomic E-state index is -0.182. The lowest BCUT2D eigenvalue weighted by molar-refractivity contribution is -0.152. The summed E-state index contributed by atoms with van der Waals surface area (Å²) in [4.78, 5) is 31.7. The number of fused-ring (bicyclic) bond motifs is 2. The lowest BCUT2D eigenvalue weighted by Gasteiger charge is -2.31. The number of likely N-dealkylation sites (tertiary alicyclic amines) is 1. The number of esters is 1. The van der Waals surface area contributed by atoms with E-state index in [2.05, 4.69) is 24.1 Å². The first-order valence-corrected chi connectivity index (χ1v) is 9.57. The van der Waals surface area contributed by atoms with Crippen molar-refractivity contribution in [2.75, 3.05) is 19.7 Å². The molecule has 1 saturated heterocycles. The van der Waals surface area contributed by atoms with Gasteiger partial charge < -0.3 is 9.64 Å². The number of ether oxygens (including phenoxy) is 1. The molecule has 0 N–H and O–H groups in total. The second-order valence-corrected chi connectivity index (χ2v) is 7.47. The summed E-state index contributed by atoms with van der Waals surface area (Å²) < 4.78 is 5.31. The van der Waals surface area contributed by atoms with Crippen molar-refractivity contribution in [1.82, 2.24) is 9.88 Å². The van der Waals surface area contributed by atoms with Gasteiger partial charge in [0, 0.05) is 30.2 Å². The number of carbonyl (C=O) groups is 2. The van der Waals surface area contributed by atoms with Crippen LogP contribution < -0.4 is 0 Å². The molecule has 1 aromatic heterocycles. The fourth-order valence-electron chi connectivity index (χ4n) is 4.45. The van der Waals surface area contributed by atoms with Crippen LogP contribution in [-0.4, -0.2) is 41.5 Å². The van der Waals surface area contributed by atoms with Crippen LogP contribution in [0.15, 0.2) is 48.7 Å². The lowest BCUT2D eigenvalue weighted by atomic mass is 9.72. The van der Waals surface area contributed by atoms with E-state index in [4.69, 9.17) is 4.74 Å². The zero-order valence-electron chi connectivity index (χ0n) is 15.7. The number of hydrogen-bond donors (Lipinski definition) is 0. The minimum absolute atomic E-state index is 0.0128. The third kappa shape index (κ3) is 3.22. The van der Waals surface area contributed by atoms with E-state index in [0.29, 0.717) is 25.3 Å². The van der Waals surface area contributed by atoms with Gasteiger partial charge in [-0.05, 0) is 48.9 Å². The van der Waals surface area contributed by atoms with Gasteiger partial charge in [-0.1, -0.05) is 25.1 Å². The first-order valence-electron chi connectivity index (χ1n) is 9.57. The highest BCUT2D eigenvalue weighted by molar-refractivity contribution is 5.98. The van der Waals surface area contributed by atoms with Crippen LogP contribution in [-0.2, 0) is 9.53 Å². The van der Waals surface area contributed by atoms with E-state index in [9.17, 15) is 9.59 Å². The van der Waals surface area contributed by atoms with Gasteiger partial charge in [-0.2, -0.15) is 0 Å². The molecule has 2 aliphatic rings. The molecule has 1 aliphatic heterocycles. The first-order chi connectivity index (χ1) is 13.1. The topological polar surface area (TPSA) is 59.5 Å². The van der Waals surface area contributed by atoms with Crippen LogP contribution in [0, 0.1) is 23.7 Å². The Labute approximate surface area is 159 Å². The van der Waals surface area contributed by atoms with E-state index in [1.54, 1.807) is 6.20 Å². The SMILES string of the molecule is CCOC(=O)[C@@H]1[C@H]2CN(C(=O)c3ccc4ncccc4c3)C[C@@H]2C=C[C@@H]1C. The Morgan fingerprint density at radius 2 is 2.07 bits per heavy atom. The summed E-state index contributed by atoms with van der Waals surface area (Å²) in [5.74, 6) is 0.150. The molecule has 4 atom stereocenters. The Morgan fingerprint density at radius 1 is 1.22 bits per heavy atom. The van der Waals surface area contributed by atoms with Crippen LogP contribution in [0.4, 0.5) is 0 Å². The fraction of sp³-hybridized carbons (Fsp3) is 0.409. The summed E-state index contributed by atoms with van der Waals surface area (Å²) in [6, 6.07) is 9.45. The molecule has 4 rings (SSSR count). The van der Waals surface area contributed by atoms with E-state index in [1.807, 2.05) is 42.2 Å². The number of amides is 1. The summed E-state index contributed by atoms with van der Waals surface area (Å²) in [5.41, 5.74) is 1.54. The maximum absolute atomic E-state index is 13.1. The van der Waals surface area contributed by atoms with Gasteiger partial charge in [-0.25, -0.2) is 0 Å². The van der Waals surface area contributed by atoms with Gasteiger partial charge in [0.15, 0.2) is 0 Å². The van der Waals surface area contributed by atoms with Gasteiger partial charge in [-0.3, -0.25) is 14.6 Å². The van der Waals surface area contributed by atoms with Gasteiger partial charge in [-0.15, -0.1) is 0 Å². The third-order valence-electron chi connectivity index (χ3n) is 5.80. The number of carbonyl (C=O) groups excluding carboxylic acids is 2. The van der Waals surface area contributed by atoms with Crippen LogP contribution in [0.3, 0.4) is 0 Å². The van der Waals surface area contributed by atoms with Gasteiger partial charge in [0.2, 0.25) is 0 Å². The molecule has 2 heterocycles. The molecule has 2 aromatic rings. The van der Waals surface area contributed by atoms with E-state index in [1.165, 1.54) is 0 Å². The van der Waals surface area contributed by atoms with Gasteiger partial charge in [0.1, 0.15) is 0 Å². The number of pyridine rings is 1. The normalized spacial score (nSPS) is 26.8. The van der Waals surface area contributed by atoms with Crippen LogP contribution in [0.25, 0.3) is 10.9 Å². The number of rotatable bonds is 3. The Morgan fingerprint density at radius 3 is 2.89 bits per heavy atom. The van der Waals surface area contributed by atoms with Crippen LogP contribution in [0.5, 0.6) is 0 Å². The number of allylic oxidation sites excluding steroid dienone is 1. The molecular formula is C22H24N2O3. The molecule has 5 nitrogen and oxygen atoms in total. The highest BCUT2D eigenvalue weighted by Crippen LogP contribution is 2.40. The molecule has 1 fully saturated rings. The standard InChI is InChI=1S/C22H24N2O3/c1-3-27-22(26)20-14(2)6-7-17-12-24(13-18(17)20)21(25)16-8-9-19-15(11-16)5-4-10-23-19/h4-11,14,17-18,20H,3,12-13H2,1-2H3/t14-,17-,18-,20-/m0/s1. The van der Waals surface area contributed by atoms with Crippen molar-refractivity contribution < 1.29 is 14.3 Å². The maximum atomic E-state index is 13.1. The average molecular weight is 364 g/mol. The highest BCUT2D eigenvalue weighted by Gasteiger charge is 2.46. The first kappa shape index (κ1) is 17.7. The van der Waals surface area contributed by atoms with Gasteiger partial charge >= 0.3 is 5.97 Å². The predicted molar refractivity (Wildman–Crippen MR) is 103 cm³/mol. The second-order valence-electron chi connectivity index (χ2n) is 7.47. The third-order valence-corrected chi connectivity index (χ3v) is 5.80. The molecule has 1 amide bonds. The molecule has 27 heavy (non-hydrogen) atoms. The van der Waals surface area contributed by atoms with E-state index >= 15 is 0 Å². The van der Waals surface area contributed by atoms with Crippen LogP contribution in [0.2, 0.25) is 0 Å². The van der Waals surface area contributed by atoms with E-state index in [0.717, 1.165) is 10.9 Å². The number of benzene rings is 1. The summed E-state index contributed by atoms with van der Waals surface area (Å²) >= 11 is 0. The Bertz CT molecular complexity index is 907. The summed E-state index contributed by atoms with van der Waals surface area (Å²) in [5, 5.41) is 0.956. The maximum Gasteiger partial charge on any atom is 0.309 e. The van der Waals surface area contributed by atoms with Crippen LogP contribution in [0.1, 0.15) is 24.2 Å². The largest absolute Gasteiger partial charge is 0.466 e. The summed E-state index contributed by atoms with van der Waals surface area (Å²) in [7, 11) is 0. The zero-order valence-corrected chi connectivity index (χ0v) is 15.7. The van der Waals surface area contributed by atoms with Crippen molar-refractivity contribution in [2.24, 2.45) is 23.7 Å². The summed E-state index contributed by atoms with van der Waals surface area (Å²) in [6.07, 6.45) is 6.01. The second kappa shape index (κ2) is 7.14. The molecule has 0 radical (unpaired) electrons. The Kier molecular flexibility index (Phi) is 4.68. The van der Waals surface area contributed by atoms with Crippen molar-refractivity contribution >= 4 is 22.8 Å². The smallest absolute Gasteiger partial charge is 0.309 e. The zero-order chi connectivity index (χ0) is 19.0. The number of aromatic nitrogens is 1. The Balaban J connectivity index is 1.56. The van der Waals surface area contributed by atoms with Crippen molar-refractivity contribution in [3.05, 3.63) is 54.2 Å². The van der Waals surface area contributed by atoms with Crippen molar-refractivity contribution in [2.45, 2.75) is 13.8 Å². The minimum Gasteiger partial charge on any atom is -0.466 e. The van der Waals surface area contributed by atoms with Crippen LogP contribution >= 0.6 is 0 Å². The highest BCUT2D eigenvalue weighted by atomic mass is 16.5. The van der Waals surface area contributed by atoms with Crippen molar-refractivity contribution in [3.8, 4) is 0 Å². The summed E-state index contributed by atoms with van der Waals surface area (Å²) in [6.45, 7) is 5.50. The van der Waals surface area contributed by atoms with Gasteiger partial charge in [0.05, 0.1) is 18.0 Å². The van der Waals surface area contributed by atoms with Crippen molar-refractivity contribution in [3.63, 3.8) is 0 Å². The molecule has 140 valence electrons. The molecule has 0 spiro atoms. The van der Waals surface area contributed by atoms with Crippen molar-refractivity contribution in [1.29, 1.82) is 0 Å². The van der Waals surface area contributed by atoms with E-state index < -0.39 is 0 Å². The molecule has 5 heteroatoms. The molecular weight excluding hydrogens is 340 g/mol. The average Bonchev–Trinajstić information content (AvgIpc) is 3.11. The molecule has 0 bridgehead atoms. The predicted octanol–water partition coefficient (Wildman–Crippen LogP) is 3.31.